The van der Waals surface area contributed by atoms with E-state index in [1.165, 1.54) is 6.07 Å². The summed E-state index contributed by atoms with van der Waals surface area (Å²) in [5.41, 5.74) is 0.0150. The fourth-order valence-electron chi connectivity index (χ4n) is 1.74. The summed E-state index contributed by atoms with van der Waals surface area (Å²) in [6, 6.07) is 4.81. The van der Waals surface area contributed by atoms with Crippen molar-refractivity contribution in [3.63, 3.8) is 0 Å². The number of aromatic nitrogens is 4. The highest BCUT2D eigenvalue weighted by molar-refractivity contribution is 5.85. The van der Waals surface area contributed by atoms with Crippen molar-refractivity contribution in [2.24, 2.45) is 0 Å². The third-order valence-electron chi connectivity index (χ3n) is 2.90. The third kappa shape index (κ3) is 2.70. The van der Waals surface area contributed by atoms with Gasteiger partial charge in [0.15, 0.2) is 11.5 Å². The Balaban J connectivity index is 1.64. The number of aromatic carboxylic acids is 1. The Hall–Kier alpha value is -2.44. The van der Waals surface area contributed by atoms with Crippen LogP contribution >= 0.6 is 0 Å². The SMILES string of the molecule is O=C(O)c1cccc(NCc2nc(C3CC3)n[nH]2)n1. The van der Waals surface area contributed by atoms with E-state index in [1.807, 2.05) is 0 Å². The zero-order valence-corrected chi connectivity index (χ0v) is 10.1. The van der Waals surface area contributed by atoms with Gasteiger partial charge in [0.1, 0.15) is 11.6 Å². The molecule has 0 saturated heterocycles. The van der Waals surface area contributed by atoms with Crippen LogP contribution in [0.2, 0.25) is 0 Å². The highest BCUT2D eigenvalue weighted by atomic mass is 16.4. The van der Waals surface area contributed by atoms with Gasteiger partial charge in [0.05, 0.1) is 6.54 Å². The lowest BCUT2D eigenvalue weighted by Crippen LogP contribution is -2.06. The first-order valence-corrected chi connectivity index (χ1v) is 6.08. The number of carboxylic acid groups (broad SMARTS) is 1. The Kier molecular flexibility index (Phi) is 2.86. The first-order valence-electron chi connectivity index (χ1n) is 6.08. The van der Waals surface area contributed by atoms with Gasteiger partial charge in [-0.15, -0.1) is 0 Å². The zero-order chi connectivity index (χ0) is 13.2. The Morgan fingerprint density at radius 1 is 1.42 bits per heavy atom. The lowest BCUT2D eigenvalue weighted by molar-refractivity contribution is 0.0690. The molecule has 7 heteroatoms. The Morgan fingerprint density at radius 2 is 2.26 bits per heavy atom. The van der Waals surface area contributed by atoms with E-state index >= 15 is 0 Å². The van der Waals surface area contributed by atoms with Crippen LogP contribution in [0, 0.1) is 0 Å². The quantitative estimate of drug-likeness (QED) is 0.749. The van der Waals surface area contributed by atoms with E-state index in [0.29, 0.717) is 18.3 Å². The van der Waals surface area contributed by atoms with Crippen LogP contribution in [-0.2, 0) is 6.54 Å². The van der Waals surface area contributed by atoms with E-state index in [0.717, 1.165) is 24.5 Å². The fourth-order valence-corrected chi connectivity index (χ4v) is 1.74. The lowest BCUT2D eigenvalue weighted by Gasteiger charge is -2.03. The van der Waals surface area contributed by atoms with Crippen LogP contribution in [0.15, 0.2) is 18.2 Å². The maximum Gasteiger partial charge on any atom is 0.354 e. The second kappa shape index (κ2) is 4.68. The van der Waals surface area contributed by atoms with Crippen molar-refractivity contribution >= 4 is 11.8 Å². The van der Waals surface area contributed by atoms with Gasteiger partial charge >= 0.3 is 5.97 Å². The molecule has 1 aliphatic carbocycles. The number of carbonyl (C=O) groups is 1. The largest absolute Gasteiger partial charge is 0.477 e. The molecule has 0 unspecified atom stereocenters. The standard InChI is InChI=1S/C12H13N5O2/c18-12(19)8-2-1-3-9(14-8)13-6-10-15-11(17-16-10)7-4-5-7/h1-3,7H,4-6H2,(H,13,14)(H,18,19)(H,15,16,17). The molecule has 0 spiro atoms. The average molecular weight is 259 g/mol. The molecular formula is C12H13N5O2. The predicted molar refractivity (Wildman–Crippen MR) is 66.9 cm³/mol. The van der Waals surface area contributed by atoms with Crippen LogP contribution in [0.4, 0.5) is 5.82 Å². The molecule has 1 saturated carbocycles. The van der Waals surface area contributed by atoms with Gasteiger partial charge in [-0.05, 0) is 25.0 Å². The Labute approximate surface area is 109 Å². The monoisotopic (exact) mass is 259 g/mol. The molecule has 19 heavy (non-hydrogen) atoms. The second-order valence-corrected chi connectivity index (χ2v) is 4.48. The van der Waals surface area contributed by atoms with Crippen molar-refractivity contribution in [2.45, 2.75) is 25.3 Å². The number of H-pyrrole nitrogens is 1. The molecule has 0 aliphatic heterocycles. The molecule has 2 heterocycles. The van der Waals surface area contributed by atoms with Crippen LogP contribution in [0.25, 0.3) is 0 Å². The van der Waals surface area contributed by atoms with Gasteiger partial charge in [-0.25, -0.2) is 14.8 Å². The first kappa shape index (κ1) is 11.6. The number of anilines is 1. The minimum atomic E-state index is -1.04. The van der Waals surface area contributed by atoms with Crippen molar-refractivity contribution in [1.29, 1.82) is 0 Å². The molecule has 0 amide bonds. The van der Waals surface area contributed by atoms with Gasteiger partial charge < -0.3 is 10.4 Å². The number of hydrogen-bond acceptors (Lipinski definition) is 5. The van der Waals surface area contributed by atoms with E-state index in [-0.39, 0.29) is 5.69 Å². The van der Waals surface area contributed by atoms with Crippen LogP contribution in [-0.4, -0.2) is 31.2 Å². The van der Waals surface area contributed by atoms with Gasteiger partial charge in [-0.1, -0.05) is 6.07 Å². The average Bonchev–Trinajstić information content (AvgIpc) is 3.16. The number of aromatic amines is 1. The molecule has 0 bridgehead atoms. The number of pyridine rings is 1. The van der Waals surface area contributed by atoms with Gasteiger partial charge in [0.2, 0.25) is 0 Å². The molecule has 98 valence electrons. The first-order chi connectivity index (χ1) is 9.22. The minimum Gasteiger partial charge on any atom is -0.477 e. The normalized spacial score (nSPS) is 14.3. The van der Waals surface area contributed by atoms with Gasteiger partial charge in [-0.3, -0.25) is 5.10 Å². The maximum absolute atomic E-state index is 10.8. The second-order valence-electron chi connectivity index (χ2n) is 4.48. The van der Waals surface area contributed by atoms with E-state index in [2.05, 4.69) is 25.5 Å². The highest BCUT2D eigenvalue weighted by Crippen LogP contribution is 2.37. The van der Waals surface area contributed by atoms with Crippen LogP contribution in [0.5, 0.6) is 0 Å². The zero-order valence-electron chi connectivity index (χ0n) is 10.1. The molecule has 2 aromatic rings. The van der Waals surface area contributed by atoms with Crippen LogP contribution in [0.3, 0.4) is 0 Å². The summed E-state index contributed by atoms with van der Waals surface area (Å²) >= 11 is 0. The van der Waals surface area contributed by atoms with Crippen molar-refractivity contribution in [3.05, 3.63) is 35.5 Å². The number of nitrogens with one attached hydrogen (secondary N) is 2. The molecule has 1 aliphatic rings. The molecule has 3 N–H and O–H groups in total. The van der Waals surface area contributed by atoms with Gasteiger partial charge in [0, 0.05) is 5.92 Å². The number of nitrogens with zero attached hydrogens (tertiary/aromatic N) is 3. The Bertz CT molecular complexity index is 606. The summed E-state index contributed by atoms with van der Waals surface area (Å²) in [5.74, 6) is 1.57. The predicted octanol–water partition coefficient (Wildman–Crippen LogP) is 1.39. The van der Waals surface area contributed by atoms with Crippen LogP contribution < -0.4 is 5.32 Å². The summed E-state index contributed by atoms with van der Waals surface area (Å²) in [6.45, 7) is 0.440. The Morgan fingerprint density at radius 3 is 3.00 bits per heavy atom. The minimum absolute atomic E-state index is 0.0150. The molecule has 1 fully saturated rings. The maximum atomic E-state index is 10.8. The number of hydrogen-bond donors (Lipinski definition) is 3. The summed E-state index contributed by atoms with van der Waals surface area (Å²) in [7, 11) is 0. The summed E-state index contributed by atoms with van der Waals surface area (Å²) in [6.07, 6.45) is 2.32. The molecule has 0 radical (unpaired) electrons. The van der Waals surface area contributed by atoms with Gasteiger partial charge in [-0.2, -0.15) is 5.10 Å². The van der Waals surface area contributed by atoms with Crippen molar-refractivity contribution in [3.8, 4) is 0 Å². The third-order valence-corrected chi connectivity index (χ3v) is 2.90. The van der Waals surface area contributed by atoms with E-state index in [9.17, 15) is 4.79 Å². The van der Waals surface area contributed by atoms with E-state index in [4.69, 9.17) is 5.11 Å². The smallest absolute Gasteiger partial charge is 0.354 e. The summed E-state index contributed by atoms with van der Waals surface area (Å²) in [4.78, 5) is 19.1. The number of carboxylic acids is 1. The van der Waals surface area contributed by atoms with Crippen molar-refractivity contribution < 1.29 is 9.90 Å². The van der Waals surface area contributed by atoms with Crippen LogP contribution in [0.1, 0.15) is 40.9 Å². The molecule has 7 nitrogen and oxygen atoms in total. The van der Waals surface area contributed by atoms with E-state index < -0.39 is 5.97 Å². The summed E-state index contributed by atoms with van der Waals surface area (Å²) in [5, 5.41) is 18.9. The van der Waals surface area contributed by atoms with Gasteiger partial charge in [0.25, 0.3) is 0 Å². The molecular weight excluding hydrogens is 246 g/mol. The molecule has 0 aromatic carbocycles. The summed E-state index contributed by atoms with van der Waals surface area (Å²) < 4.78 is 0. The lowest BCUT2D eigenvalue weighted by atomic mass is 10.3. The fraction of sp³-hybridized carbons (Fsp3) is 0.333. The van der Waals surface area contributed by atoms with Crippen molar-refractivity contribution in [2.75, 3.05) is 5.32 Å². The molecule has 2 aromatic heterocycles. The topological polar surface area (TPSA) is 104 Å². The van der Waals surface area contributed by atoms with E-state index in [1.54, 1.807) is 12.1 Å². The molecule has 0 atom stereocenters. The molecule has 3 rings (SSSR count). The highest BCUT2D eigenvalue weighted by Gasteiger charge is 2.27. The van der Waals surface area contributed by atoms with Crippen molar-refractivity contribution in [1.82, 2.24) is 20.2 Å². The number of rotatable bonds is 5.